The van der Waals surface area contributed by atoms with E-state index in [9.17, 15) is 18.0 Å². The smallest absolute Gasteiger partial charge is 0.321 e. The standard InChI is InChI=1S/C13H18N2O5S/c1-3-4-11(13(17)18)15-21(19,20)10-7-5-9(6-8-10)12(16)14-2/h5-8,11,15H,3-4H2,1-2H3,(H,14,16)(H,17,18)/t11-/m0/s1. The second-order valence-electron chi connectivity index (χ2n) is 4.40. The lowest BCUT2D eigenvalue weighted by Crippen LogP contribution is -2.40. The van der Waals surface area contributed by atoms with Gasteiger partial charge in [-0.1, -0.05) is 13.3 Å². The lowest BCUT2D eigenvalue weighted by atomic mass is 10.2. The van der Waals surface area contributed by atoms with Gasteiger partial charge in [0, 0.05) is 12.6 Å². The molecule has 0 spiro atoms. The third-order valence-electron chi connectivity index (χ3n) is 2.83. The van der Waals surface area contributed by atoms with Crippen LogP contribution in [0.15, 0.2) is 29.2 Å². The Balaban J connectivity index is 2.97. The summed E-state index contributed by atoms with van der Waals surface area (Å²) in [6, 6.07) is 4.08. The number of nitrogens with one attached hydrogen (secondary N) is 2. The van der Waals surface area contributed by atoms with Crippen molar-refractivity contribution in [2.75, 3.05) is 7.05 Å². The molecule has 0 fully saturated rings. The van der Waals surface area contributed by atoms with Gasteiger partial charge in [0.2, 0.25) is 10.0 Å². The molecule has 1 atom stereocenters. The maximum Gasteiger partial charge on any atom is 0.321 e. The molecule has 0 aliphatic heterocycles. The van der Waals surface area contributed by atoms with Crippen LogP contribution in [0.25, 0.3) is 0 Å². The second kappa shape index (κ2) is 7.19. The van der Waals surface area contributed by atoms with Gasteiger partial charge < -0.3 is 10.4 Å². The van der Waals surface area contributed by atoms with E-state index in [0.717, 1.165) is 0 Å². The Hall–Kier alpha value is -1.93. The molecule has 0 bridgehead atoms. The molecule has 0 saturated carbocycles. The Labute approximate surface area is 123 Å². The lowest BCUT2D eigenvalue weighted by molar-refractivity contribution is -0.139. The third kappa shape index (κ3) is 4.54. The van der Waals surface area contributed by atoms with Crippen molar-refractivity contribution in [1.29, 1.82) is 0 Å². The Kier molecular flexibility index (Phi) is 5.86. The highest BCUT2D eigenvalue weighted by molar-refractivity contribution is 7.89. The molecule has 116 valence electrons. The minimum Gasteiger partial charge on any atom is -0.480 e. The summed E-state index contributed by atoms with van der Waals surface area (Å²) in [5.41, 5.74) is 0.319. The summed E-state index contributed by atoms with van der Waals surface area (Å²) >= 11 is 0. The zero-order valence-corrected chi connectivity index (χ0v) is 12.6. The number of amides is 1. The van der Waals surface area contributed by atoms with E-state index in [-0.39, 0.29) is 17.2 Å². The minimum absolute atomic E-state index is 0.0856. The molecule has 0 aromatic heterocycles. The van der Waals surface area contributed by atoms with Gasteiger partial charge in [0.25, 0.3) is 5.91 Å². The second-order valence-corrected chi connectivity index (χ2v) is 6.12. The van der Waals surface area contributed by atoms with Crippen molar-refractivity contribution >= 4 is 21.9 Å². The maximum absolute atomic E-state index is 12.1. The molecule has 8 heteroatoms. The minimum atomic E-state index is -3.94. The first-order valence-corrected chi connectivity index (χ1v) is 7.87. The van der Waals surface area contributed by atoms with Crippen LogP contribution >= 0.6 is 0 Å². The molecule has 1 aromatic carbocycles. The number of carboxylic acids is 1. The molecule has 0 saturated heterocycles. The van der Waals surface area contributed by atoms with Crippen LogP contribution in [-0.4, -0.2) is 38.5 Å². The van der Waals surface area contributed by atoms with Crippen molar-refractivity contribution in [3.05, 3.63) is 29.8 Å². The Morgan fingerprint density at radius 3 is 2.24 bits per heavy atom. The lowest BCUT2D eigenvalue weighted by Gasteiger charge is -2.14. The predicted molar refractivity (Wildman–Crippen MR) is 76.5 cm³/mol. The van der Waals surface area contributed by atoms with Crippen molar-refractivity contribution in [1.82, 2.24) is 10.0 Å². The molecule has 21 heavy (non-hydrogen) atoms. The molecule has 1 rings (SSSR count). The van der Waals surface area contributed by atoms with E-state index in [4.69, 9.17) is 5.11 Å². The molecule has 0 aliphatic rings. The molecule has 0 radical (unpaired) electrons. The number of aliphatic carboxylic acids is 1. The number of hydrogen-bond acceptors (Lipinski definition) is 4. The summed E-state index contributed by atoms with van der Waals surface area (Å²) in [6.45, 7) is 1.77. The molecule has 0 unspecified atom stereocenters. The number of rotatable bonds is 7. The van der Waals surface area contributed by atoms with Crippen LogP contribution in [0.4, 0.5) is 0 Å². The van der Waals surface area contributed by atoms with Crippen molar-refractivity contribution in [3.63, 3.8) is 0 Å². The molecule has 1 aromatic rings. The molecule has 1 amide bonds. The van der Waals surface area contributed by atoms with E-state index >= 15 is 0 Å². The summed E-state index contributed by atoms with van der Waals surface area (Å²) in [7, 11) is -2.47. The number of sulfonamides is 1. The van der Waals surface area contributed by atoms with Crippen LogP contribution in [0.2, 0.25) is 0 Å². The average Bonchev–Trinajstić information content (AvgIpc) is 2.45. The van der Waals surface area contributed by atoms with Gasteiger partial charge in [0.15, 0.2) is 0 Å². The van der Waals surface area contributed by atoms with Gasteiger partial charge in [-0.3, -0.25) is 9.59 Å². The van der Waals surface area contributed by atoms with Crippen LogP contribution in [0.3, 0.4) is 0 Å². The molecular weight excluding hydrogens is 296 g/mol. The van der Waals surface area contributed by atoms with Gasteiger partial charge in [0.1, 0.15) is 6.04 Å². The zero-order valence-electron chi connectivity index (χ0n) is 11.8. The monoisotopic (exact) mass is 314 g/mol. The summed E-state index contributed by atoms with van der Waals surface area (Å²) in [6.07, 6.45) is 0.736. The fourth-order valence-corrected chi connectivity index (χ4v) is 2.93. The van der Waals surface area contributed by atoms with Gasteiger partial charge >= 0.3 is 5.97 Å². The van der Waals surface area contributed by atoms with E-state index in [1.165, 1.54) is 31.3 Å². The Morgan fingerprint density at radius 2 is 1.81 bits per heavy atom. The predicted octanol–water partition coefficient (Wildman–Crippen LogP) is 0.578. The highest BCUT2D eigenvalue weighted by Gasteiger charge is 2.24. The van der Waals surface area contributed by atoms with Gasteiger partial charge in [0.05, 0.1) is 4.90 Å². The van der Waals surface area contributed by atoms with E-state index in [1.807, 2.05) is 0 Å². The van der Waals surface area contributed by atoms with Crippen molar-refractivity contribution in [2.24, 2.45) is 0 Å². The first-order valence-electron chi connectivity index (χ1n) is 6.39. The van der Waals surface area contributed by atoms with Crippen LogP contribution in [-0.2, 0) is 14.8 Å². The molecular formula is C13H18N2O5S. The van der Waals surface area contributed by atoms with Gasteiger partial charge in [-0.2, -0.15) is 4.72 Å². The largest absolute Gasteiger partial charge is 0.480 e. The van der Waals surface area contributed by atoms with Crippen molar-refractivity contribution in [3.8, 4) is 0 Å². The van der Waals surface area contributed by atoms with Gasteiger partial charge in [-0.25, -0.2) is 8.42 Å². The first-order chi connectivity index (χ1) is 9.81. The summed E-state index contributed by atoms with van der Waals surface area (Å²) in [5.74, 6) is -1.55. The number of benzene rings is 1. The maximum atomic E-state index is 12.1. The van der Waals surface area contributed by atoms with E-state index in [1.54, 1.807) is 6.92 Å². The molecule has 3 N–H and O–H groups in total. The molecule has 0 heterocycles. The average molecular weight is 314 g/mol. The number of carboxylic acid groups (broad SMARTS) is 1. The van der Waals surface area contributed by atoms with E-state index < -0.39 is 22.0 Å². The fourth-order valence-electron chi connectivity index (χ4n) is 1.71. The van der Waals surface area contributed by atoms with Crippen LogP contribution in [0.1, 0.15) is 30.1 Å². The number of carbonyl (C=O) groups excluding carboxylic acids is 1. The van der Waals surface area contributed by atoms with Crippen molar-refractivity contribution in [2.45, 2.75) is 30.7 Å². The summed E-state index contributed by atoms with van der Waals surface area (Å²) in [4.78, 5) is 22.3. The highest BCUT2D eigenvalue weighted by Crippen LogP contribution is 2.12. The normalized spacial score (nSPS) is 12.7. The topological polar surface area (TPSA) is 113 Å². The van der Waals surface area contributed by atoms with Crippen LogP contribution in [0, 0.1) is 0 Å². The van der Waals surface area contributed by atoms with Gasteiger partial charge in [-0.05, 0) is 30.7 Å². The first kappa shape index (κ1) is 17.1. The highest BCUT2D eigenvalue weighted by atomic mass is 32.2. The molecule has 7 nitrogen and oxygen atoms in total. The number of hydrogen-bond donors (Lipinski definition) is 3. The SMILES string of the molecule is CCC[C@H](NS(=O)(=O)c1ccc(C(=O)NC)cc1)C(=O)O. The summed E-state index contributed by atoms with van der Waals surface area (Å²) in [5, 5.41) is 11.4. The summed E-state index contributed by atoms with van der Waals surface area (Å²) < 4.78 is 26.3. The van der Waals surface area contributed by atoms with E-state index in [0.29, 0.717) is 12.0 Å². The van der Waals surface area contributed by atoms with Crippen molar-refractivity contribution < 1.29 is 23.1 Å². The quantitative estimate of drug-likeness (QED) is 0.681. The van der Waals surface area contributed by atoms with Crippen LogP contribution < -0.4 is 10.0 Å². The number of carbonyl (C=O) groups is 2. The van der Waals surface area contributed by atoms with Gasteiger partial charge in [-0.15, -0.1) is 0 Å². The Morgan fingerprint density at radius 1 is 1.24 bits per heavy atom. The fraction of sp³-hybridized carbons (Fsp3) is 0.385. The van der Waals surface area contributed by atoms with Crippen LogP contribution in [0.5, 0.6) is 0 Å². The Bertz CT molecular complexity index is 610. The van der Waals surface area contributed by atoms with E-state index in [2.05, 4.69) is 10.0 Å². The zero-order chi connectivity index (χ0) is 16.0. The molecule has 0 aliphatic carbocycles. The third-order valence-corrected chi connectivity index (χ3v) is 4.31.